The highest BCUT2D eigenvalue weighted by molar-refractivity contribution is 6.09. The molecule has 0 fully saturated rings. The molecule has 2 N–H and O–H groups in total. The van der Waals surface area contributed by atoms with Crippen LogP contribution in [0.1, 0.15) is 186 Å². The van der Waals surface area contributed by atoms with Crippen LogP contribution in [0.25, 0.3) is 0 Å². The summed E-state index contributed by atoms with van der Waals surface area (Å²) in [4.78, 5) is 13.8. The number of carbonyl (C=O) groups excluding carboxylic acids is 1. The van der Waals surface area contributed by atoms with Crippen LogP contribution in [0.4, 0.5) is 0 Å². The van der Waals surface area contributed by atoms with Gasteiger partial charge in [0, 0.05) is 11.1 Å². The lowest BCUT2D eigenvalue weighted by Crippen LogP contribution is -2.27. The molecule has 0 aliphatic heterocycles. The number of hydrogen-bond acceptors (Lipinski definition) is 5. The van der Waals surface area contributed by atoms with Gasteiger partial charge < -0.3 is 19.7 Å². The average Bonchev–Trinajstić information content (AvgIpc) is 3.22. The Morgan fingerprint density at radius 1 is 0.636 bits per heavy atom. The van der Waals surface area contributed by atoms with E-state index in [1.54, 1.807) is 0 Å². The molecule has 5 aromatic carbocycles. The second-order valence-electron chi connectivity index (χ2n) is 21.4. The minimum Gasteiger partial charge on any atom is -0.508 e. The van der Waals surface area contributed by atoms with Gasteiger partial charge in [-0.2, -0.15) is 0 Å². The zero-order valence-corrected chi connectivity index (χ0v) is 42.8. The fourth-order valence-corrected chi connectivity index (χ4v) is 10.2. The smallest absolute Gasteiger partial charge is 0.193 e. The number of phenolic OH excluding ortho intramolecular Hbond substituents is 1. The van der Waals surface area contributed by atoms with Gasteiger partial charge in [-0.1, -0.05) is 96.9 Å². The fraction of sp³-hybridized carbons (Fsp3) is 0.426. The molecule has 0 saturated heterocycles. The fourth-order valence-electron chi connectivity index (χ4n) is 10.2. The van der Waals surface area contributed by atoms with Crippen molar-refractivity contribution in [2.75, 3.05) is 0 Å². The van der Waals surface area contributed by atoms with E-state index >= 15 is 0 Å². The summed E-state index contributed by atoms with van der Waals surface area (Å²) in [6.45, 7) is 34.2. The summed E-state index contributed by atoms with van der Waals surface area (Å²) in [6.07, 6.45) is 4.94. The van der Waals surface area contributed by atoms with Crippen LogP contribution in [-0.4, -0.2) is 21.6 Å². The van der Waals surface area contributed by atoms with Crippen molar-refractivity contribution in [3.8, 4) is 23.0 Å². The minimum absolute atomic E-state index is 0.0651. The summed E-state index contributed by atoms with van der Waals surface area (Å²) in [5.41, 5.74) is 15.3. The monoisotopic (exact) mass is 889 g/mol. The first-order chi connectivity index (χ1) is 30.8. The number of hydrogen-bond donors (Lipinski definition) is 2. The van der Waals surface area contributed by atoms with E-state index < -0.39 is 11.2 Å². The third kappa shape index (κ3) is 11.2. The number of ether oxygens (including phenoxy) is 2. The number of carbonyl (C=O) groups is 1. The molecule has 0 amide bonds. The molecule has 5 aromatic rings. The van der Waals surface area contributed by atoms with Crippen LogP contribution in [0.3, 0.4) is 0 Å². The summed E-state index contributed by atoms with van der Waals surface area (Å²) in [6, 6.07) is 28.1. The Bertz CT molecular complexity index is 2620. The topological polar surface area (TPSA) is 76.0 Å². The molecule has 0 bridgehead atoms. The van der Waals surface area contributed by atoms with Crippen molar-refractivity contribution in [3.05, 3.63) is 174 Å². The summed E-state index contributed by atoms with van der Waals surface area (Å²) in [5.74, 6) is 4.16. The van der Waals surface area contributed by atoms with Gasteiger partial charge in [-0.15, -0.1) is 0 Å². The first kappa shape index (κ1) is 50.0. The van der Waals surface area contributed by atoms with Gasteiger partial charge in [0.1, 0.15) is 28.6 Å². The van der Waals surface area contributed by atoms with Gasteiger partial charge >= 0.3 is 0 Å². The van der Waals surface area contributed by atoms with Crippen molar-refractivity contribution in [2.24, 2.45) is 11.8 Å². The summed E-state index contributed by atoms with van der Waals surface area (Å²) in [5, 5.41) is 21.4. The molecule has 0 aromatic heterocycles. The predicted octanol–water partition coefficient (Wildman–Crippen LogP) is 15.8. The van der Waals surface area contributed by atoms with Crippen LogP contribution >= 0.6 is 0 Å². The number of aliphatic hydroxyl groups is 1. The molecular weight excluding hydrogens is 813 g/mol. The Morgan fingerprint density at radius 2 is 1.14 bits per heavy atom. The van der Waals surface area contributed by atoms with Crippen molar-refractivity contribution in [2.45, 2.75) is 159 Å². The van der Waals surface area contributed by atoms with E-state index in [0.717, 1.165) is 52.8 Å². The van der Waals surface area contributed by atoms with E-state index in [4.69, 9.17) is 9.47 Å². The standard InChI is InChI=1S/C61H76O5/c1-35(2)51-31-55(60(13,14)64)39(9)25-45(51)30-48-28-42(12)58(34-54(48)38(7)8)65-49-21-17-43(18-22-49)59(63)44-19-23-50(24-20-44)66-61(15,16)56-32-52(36(3)4)46(26-40(56)10)29-47-27-41(11)57(62)33-53(47)37(5)6/h17-24,26-28,31-38,45,62,64H,25,29-30H2,1-16H3. The van der Waals surface area contributed by atoms with Crippen molar-refractivity contribution in [3.63, 3.8) is 0 Å². The number of allylic oxidation sites excluding steroid dienone is 2. The van der Waals surface area contributed by atoms with E-state index in [2.05, 4.69) is 126 Å². The summed E-state index contributed by atoms with van der Waals surface area (Å²) < 4.78 is 13.2. The lowest BCUT2D eigenvalue weighted by Gasteiger charge is -2.34. The molecule has 5 nitrogen and oxygen atoms in total. The third-order valence-corrected chi connectivity index (χ3v) is 13.7. The molecule has 6 rings (SSSR count). The second kappa shape index (κ2) is 19.8. The Morgan fingerprint density at radius 3 is 1.67 bits per heavy atom. The molecule has 0 radical (unpaired) electrons. The van der Waals surface area contributed by atoms with Gasteiger partial charge in [-0.3, -0.25) is 4.79 Å². The first-order valence-corrected chi connectivity index (χ1v) is 24.2. The number of benzene rings is 5. The van der Waals surface area contributed by atoms with Crippen LogP contribution in [0.5, 0.6) is 23.0 Å². The van der Waals surface area contributed by atoms with Gasteiger partial charge in [-0.25, -0.2) is 0 Å². The molecule has 66 heavy (non-hydrogen) atoms. The molecule has 1 unspecified atom stereocenters. The summed E-state index contributed by atoms with van der Waals surface area (Å²) in [7, 11) is 0. The van der Waals surface area contributed by atoms with Gasteiger partial charge in [0.15, 0.2) is 5.78 Å². The van der Waals surface area contributed by atoms with Gasteiger partial charge in [0.05, 0.1) is 5.60 Å². The highest BCUT2D eigenvalue weighted by Crippen LogP contribution is 2.42. The van der Waals surface area contributed by atoms with E-state index in [1.165, 1.54) is 44.5 Å². The zero-order valence-electron chi connectivity index (χ0n) is 42.8. The molecule has 0 saturated carbocycles. The Balaban J connectivity index is 1.14. The van der Waals surface area contributed by atoms with Gasteiger partial charge in [0.25, 0.3) is 0 Å². The van der Waals surface area contributed by atoms with Crippen molar-refractivity contribution in [1.82, 2.24) is 0 Å². The Kier molecular flexibility index (Phi) is 15.0. The normalized spacial score (nSPS) is 14.7. The van der Waals surface area contributed by atoms with Crippen molar-refractivity contribution < 1.29 is 24.5 Å². The lowest BCUT2D eigenvalue weighted by molar-refractivity contribution is 0.103. The molecule has 1 aliphatic rings. The van der Waals surface area contributed by atoms with Gasteiger partial charge in [0.2, 0.25) is 0 Å². The van der Waals surface area contributed by atoms with Crippen LogP contribution in [0.2, 0.25) is 0 Å². The Labute approximate surface area is 397 Å². The maximum Gasteiger partial charge on any atom is 0.193 e. The predicted molar refractivity (Wildman–Crippen MR) is 274 cm³/mol. The van der Waals surface area contributed by atoms with E-state index in [-0.39, 0.29) is 5.78 Å². The van der Waals surface area contributed by atoms with E-state index in [0.29, 0.717) is 58.0 Å². The van der Waals surface area contributed by atoms with E-state index in [1.807, 2.05) is 75.4 Å². The van der Waals surface area contributed by atoms with E-state index in [9.17, 15) is 15.0 Å². The maximum absolute atomic E-state index is 13.8. The molecule has 0 spiro atoms. The molecule has 0 heterocycles. The molecule has 5 heteroatoms. The third-order valence-electron chi connectivity index (χ3n) is 13.7. The lowest BCUT2D eigenvalue weighted by atomic mass is 9.73. The SMILES string of the molecule is CC1=C(C(C)(C)O)C=C(C(C)C)C(Cc2cc(C)c(Oc3ccc(C(=O)c4ccc(OC(C)(C)c5cc(C(C)C)c(Cc6cc(C)c(O)cc6C(C)C)cc5C)cc4)cc3)cc2C(C)C)C1. The maximum atomic E-state index is 13.8. The number of aryl methyl sites for hydroxylation is 3. The van der Waals surface area contributed by atoms with Crippen LogP contribution in [0.15, 0.2) is 108 Å². The zero-order chi connectivity index (χ0) is 48.6. The Hall–Kier alpha value is -5.39. The average molecular weight is 889 g/mol. The van der Waals surface area contributed by atoms with Crippen LogP contribution in [-0.2, 0) is 18.4 Å². The highest BCUT2D eigenvalue weighted by Gasteiger charge is 2.31. The van der Waals surface area contributed by atoms with Crippen molar-refractivity contribution in [1.29, 1.82) is 0 Å². The first-order valence-electron chi connectivity index (χ1n) is 24.2. The van der Waals surface area contributed by atoms with Gasteiger partial charge in [-0.05, 0) is 226 Å². The summed E-state index contributed by atoms with van der Waals surface area (Å²) >= 11 is 0. The van der Waals surface area contributed by atoms with Crippen LogP contribution < -0.4 is 9.47 Å². The quantitative estimate of drug-likeness (QED) is 0.0966. The molecule has 1 atom stereocenters. The highest BCUT2D eigenvalue weighted by atomic mass is 16.5. The number of aromatic hydroxyl groups is 1. The minimum atomic E-state index is -0.859. The molecular formula is C61H76O5. The number of rotatable bonds is 16. The van der Waals surface area contributed by atoms with Crippen molar-refractivity contribution >= 4 is 5.78 Å². The molecule has 350 valence electrons. The second-order valence-corrected chi connectivity index (χ2v) is 21.4. The number of ketones is 1. The molecule has 1 aliphatic carbocycles. The number of phenols is 1. The largest absolute Gasteiger partial charge is 0.508 e. The van der Waals surface area contributed by atoms with Crippen LogP contribution in [0, 0.1) is 32.6 Å².